The summed E-state index contributed by atoms with van der Waals surface area (Å²) in [6.07, 6.45) is 5.38. The van der Waals surface area contributed by atoms with Gasteiger partial charge in [-0.15, -0.1) is 0 Å². The van der Waals surface area contributed by atoms with E-state index in [9.17, 15) is 0 Å². The summed E-state index contributed by atoms with van der Waals surface area (Å²) >= 11 is 0. The molecule has 80 heavy (non-hydrogen) atoms. The van der Waals surface area contributed by atoms with Gasteiger partial charge in [0.1, 0.15) is 5.75 Å². The average molecular weight is 1130 g/mol. The number of benzene rings is 3. The van der Waals surface area contributed by atoms with Crippen molar-refractivity contribution in [1.82, 2.24) is 0 Å². The molecule has 3 aromatic carbocycles. The summed E-state index contributed by atoms with van der Waals surface area (Å²) in [7, 11) is 2.87. The fraction of sp³-hybridized carbons (Fsp3) is 0.705. The van der Waals surface area contributed by atoms with E-state index in [2.05, 4.69) is 88.4 Å². The Labute approximate surface area is 478 Å². The Morgan fingerprint density at radius 1 is 0.375 bits per heavy atom. The summed E-state index contributed by atoms with van der Waals surface area (Å²) in [5.74, 6) is 0.863. The number of hydrogen-bond acceptors (Lipinski definition) is 18. The number of hydrogen-bond donors (Lipinski definition) is 1. The monoisotopic (exact) mass is 1130 g/mol. The Morgan fingerprint density at radius 2 is 0.725 bits per heavy atom. The predicted molar refractivity (Wildman–Crippen MR) is 310 cm³/mol. The van der Waals surface area contributed by atoms with Crippen molar-refractivity contribution < 1.29 is 80.4 Å². The lowest BCUT2D eigenvalue weighted by Gasteiger charge is -2.33. The van der Waals surface area contributed by atoms with Gasteiger partial charge in [0.05, 0.1) is 176 Å². The van der Waals surface area contributed by atoms with Gasteiger partial charge in [0, 0.05) is 32.8 Å². The number of unbranched alkanes of at least 4 members (excludes halogenated alkanes) is 1. The lowest BCUT2D eigenvalue weighted by atomic mass is 9.69. The maximum Gasteiger partial charge on any atom is 0.494 e. The van der Waals surface area contributed by atoms with Gasteiger partial charge in [-0.1, -0.05) is 42.5 Å². The SMILES string of the molecule is COCCOCCCC1(CCCOCCOCCOCCOCCOCCOCCOCCOCCOCCOCCOCCOC)c2cc(B3OC(C)(C)C(C)(C)O3)ccc2-c2ccc(-c3ccc(OCCCCN)cc3)cc21. The normalized spacial score (nSPS) is 16.2. The number of nitrogens with two attached hydrogens (primary N) is 1. The molecule has 1 aliphatic carbocycles. The van der Waals surface area contributed by atoms with Gasteiger partial charge >= 0.3 is 7.12 Å². The highest BCUT2D eigenvalue weighted by Crippen LogP contribution is 2.54. The summed E-state index contributed by atoms with van der Waals surface area (Å²) in [4.78, 5) is 0. The van der Waals surface area contributed by atoms with Gasteiger partial charge in [-0.25, -0.2) is 0 Å². The van der Waals surface area contributed by atoms with Crippen molar-refractivity contribution in [3.8, 4) is 28.0 Å². The Morgan fingerprint density at radius 3 is 1.11 bits per heavy atom. The maximum atomic E-state index is 6.61. The van der Waals surface area contributed by atoms with Crippen molar-refractivity contribution in [2.75, 3.05) is 199 Å². The Balaban J connectivity index is 0.961. The van der Waals surface area contributed by atoms with E-state index in [1.807, 2.05) is 0 Å². The van der Waals surface area contributed by atoms with Crippen LogP contribution in [-0.4, -0.2) is 217 Å². The zero-order valence-electron chi connectivity index (χ0n) is 49.4. The quantitative estimate of drug-likeness (QED) is 0.0446. The molecule has 2 N–H and O–H groups in total. The van der Waals surface area contributed by atoms with E-state index < -0.39 is 18.3 Å². The molecule has 0 amide bonds. The average Bonchev–Trinajstić information content (AvgIpc) is 4.07. The molecule has 1 saturated heterocycles. The molecule has 1 fully saturated rings. The molecular formula is C61H98BNO17. The van der Waals surface area contributed by atoms with E-state index in [-0.39, 0.29) is 5.41 Å². The van der Waals surface area contributed by atoms with E-state index in [0.717, 1.165) is 60.9 Å². The molecule has 0 radical (unpaired) electrons. The molecule has 1 heterocycles. The lowest BCUT2D eigenvalue weighted by Crippen LogP contribution is -2.41. The molecule has 1 atom stereocenters. The van der Waals surface area contributed by atoms with Crippen LogP contribution in [0.2, 0.25) is 0 Å². The third-order valence-electron chi connectivity index (χ3n) is 14.3. The van der Waals surface area contributed by atoms with Crippen molar-refractivity contribution in [2.45, 2.75) is 82.8 Å². The van der Waals surface area contributed by atoms with Crippen LogP contribution in [0.1, 0.15) is 77.3 Å². The van der Waals surface area contributed by atoms with Gasteiger partial charge in [0.25, 0.3) is 0 Å². The van der Waals surface area contributed by atoms with Gasteiger partial charge in [-0.3, -0.25) is 0 Å². The van der Waals surface area contributed by atoms with Gasteiger partial charge in [-0.05, 0) is 130 Å². The van der Waals surface area contributed by atoms with Crippen LogP contribution >= 0.6 is 0 Å². The minimum atomic E-state index is -0.477. The third kappa shape index (κ3) is 24.2. The van der Waals surface area contributed by atoms with Crippen LogP contribution in [0.4, 0.5) is 0 Å². The molecule has 5 rings (SSSR count). The van der Waals surface area contributed by atoms with E-state index in [1.165, 1.54) is 22.3 Å². The Bertz CT molecular complexity index is 2030. The Kier molecular flexibility index (Phi) is 34.0. The fourth-order valence-electron chi connectivity index (χ4n) is 9.30. The van der Waals surface area contributed by atoms with Crippen LogP contribution in [-0.2, 0) is 81.0 Å². The minimum Gasteiger partial charge on any atom is -0.494 e. The van der Waals surface area contributed by atoms with Crippen LogP contribution in [0.5, 0.6) is 5.75 Å². The van der Waals surface area contributed by atoms with E-state index >= 15 is 0 Å². The van der Waals surface area contributed by atoms with Gasteiger partial charge < -0.3 is 86.1 Å². The maximum absolute atomic E-state index is 6.61. The summed E-state index contributed by atoms with van der Waals surface area (Å²) in [5.41, 5.74) is 12.9. The second kappa shape index (κ2) is 40.2. The van der Waals surface area contributed by atoms with Crippen LogP contribution in [0.25, 0.3) is 22.3 Å². The highest BCUT2D eigenvalue weighted by molar-refractivity contribution is 6.62. The van der Waals surface area contributed by atoms with Gasteiger partial charge in [0.15, 0.2) is 0 Å². The lowest BCUT2D eigenvalue weighted by molar-refractivity contribution is -0.0280. The van der Waals surface area contributed by atoms with Crippen molar-refractivity contribution in [1.29, 1.82) is 0 Å². The molecule has 0 saturated carbocycles. The smallest absolute Gasteiger partial charge is 0.494 e. The predicted octanol–water partition coefficient (Wildman–Crippen LogP) is 7.09. The summed E-state index contributed by atoms with van der Waals surface area (Å²) in [5, 5.41) is 0. The van der Waals surface area contributed by atoms with Crippen molar-refractivity contribution in [3.05, 3.63) is 71.8 Å². The molecular weight excluding hydrogens is 1030 g/mol. The number of methoxy groups -OCH3 is 2. The van der Waals surface area contributed by atoms with Crippen LogP contribution < -0.4 is 15.9 Å². The molecule has 0 spiro atoms. The second-order valence-corrected chi connectivity index (χ2v) is 20.6. The summed E-state index contributed by atoms with van der Waals surface area (Å²) < 4.78 is 97.4. The van der Waals surface area contributed by atoms with Crippen LogP contribution in [0.3, 0.4) is 0 Å². The topological polar surface area (TPSA) is 183 Å². The summed E-state index contributed by atoms with van der Waals surface area (Å²) in [6.45, 7) is 23.3. The van der Waals surface area contributed by atoms with Crippen LogP contribution in [0.15, 0.2) is 60.7 Å². The molecule has 18 nitrogen and oxygen atoms in total. The van der Waals surface area contributed by atoms with E-state index in [1.54, 1.807) is 14.2 Å². The molecule has 452 valence electrons. The number of rotatable bonds is 51. The highest BCUT2D eigenvalue weighted by Gasteiger charge is 2.52. The zero-order valence-corrected chi connectivity index (χ0v) is 49.4. The fourth-order valence-corrected chi connectivity index (χ4v) is 9.30. The zero-order chi connectivity index (χ0) is 56.8. The molecule has 2 aliphatic rings. The molecule has 3 aromatic rings. The molecule has 0 aromatic heterocycles. The number of fused-ring (bicyclic) bond motifs is 3. The first-order valence-corrected chi connectivity index (χ1v) is 29.1. The van der Waals surface area contributed by atoms with E-state index in [0.29, 0.717) is 185 Å². The Hall–Kier alpha value is -3.16. The molecule has 0 bridgehead atoms. The van der Waals surface area contributed by atoms with Crippen molar-refractivity contribution in [2.24, 2.45) is 5.73 Å². The largest absolute Gasteiger partial charge is 0.494 e. The first kappa shape index (κ1) is 67.6. The van der Waals surface area contributed by atoms with Crippen LogP contribution in [0, 0.1) is 0 Å². The second-order valence-electron chi connectivity index (χ2n) is 20.6. The van der Waals surface area contributed by atoms with Crippen molar-refractivity contribution >= 4 is 12.6 Å². The first-order valence-electron chi connectivity index (χ1n) is 29.1. The van der Waals surface area contributed by atoms with Crippen molar-refractivity contribution in [3.63, 3.8) is 0 Å². The molecule has 1 aliphatic heterocycles. The first-order chi connectivity index (χ1) is 39.2. The minimum absolute atomic E-state index is 0.315. The standard InChI is InChI=1S/C61H98BNO17/c1-59(2)60(3,4)80-62(79-59)53-14-18-56-55-17-13-52(51-11-15-54(16-12-51)78-24-8-7-21-63)49-57(55)61(58(56)50-53,19-9-22-66-27-25-64-5)20-10-23-67-29-30-69-33-34-71-37-38-73-41-42-75-45-46-77-48-47-76-44-43-74-40-39-72-36-35-70-32-31-68-28-26-65-6/h11-18,49-50H,7-10,19-48,63H2,1-6H3. The molecule has 1 unspecified atom stereocenters. The highest BCUT2D eigenvalue weighted by atomic mass is 16.7. The third-order valence-corrected chi connectivity index (χ3v) is 14.3. The molecule has 19 heteroatoms. The van der Waals surface area contributed by atoms with Gasteiger partial charge in [-0.2, -0.15) is 0 Å². The van der Waals surface area contributed by atoms with Gasteiger partial charge in [0.2, 0.25) is 0 Å². The number of ether oxygens (including phenoxy) is 15. The van der Waals surface area contributed by atoms with E-state index in [4.69, 9.17) is 86.1 Å². The summed E-state index contributed by atoms with van der Waals surface area (Å²) in [6, 6.07) is 22.2.